The largest absolute Gasteiger partial charge is 0.358 e. The Labute approximate surface area is 88.3 Å². The van der Waals surface area contributed by atoms with Crippen molar-refractivity contribution in [3.05, 3.63) is 34.8 Å². The number of aromatic amines is 1. The summed E-state index contributed by atoms with van der Waals surface area (Å²) in [7, 11) is 0. The Hall–Kier alpha value is -1.31. The van der Waals surface area contributed by atoms with Crippen LogP contribution < -0.4 is 0 Å². The van der Waals surface area contributed by atoms with Gasteiger partial charge in [0.1, 0.15) is 5.82 Å². The molecule has 2 heteroatoms. The van der Waals surface area contributed by atoms with Crippen LogP contribution in [0.1, 0.15) is 29.7 Å². The number of halogens is 1. The highest BCUT2D eigenvalue weighted by Gasteiger charge is 2.16. The van der Waals surface area contributed by atoms with Crippen molar-refractivity contribution in [1.29, 1.82) is 0 Å². The van der Waals surface area contributed by atoms with Gasteiger partial charge in [-0.3, -0.25) is 0 Å². The molecule has 1 heterocycles. The molecule has 1 aromatic carbocycles. The predicted molar refractivity (Wildman–Crippen MR) is 59.6 cm³/mol. The fourth-order valence-electron chi connectivity index (χ4n) is 2.64. The minimum atomic E-state index is -0.118. The fraction of sp³-hybridized carbons (Fsp3) is 0.385. The molecule has 1 aliphatic rings. The lowest BCUT2D eigenvalue weighted by molar-refractivity contribution is 0.628. The lowest BCUT2D eigenvalue weighted by Gasteiger charge is -2.10. The molecule has 3 rings (SSSR count). The maximum Gasteiger partial charge on any atom is 0.124 e. The van der Waals surface area contributed by atoms with Crippen molar-refractivity contribution in [2.24, 2.45) is 0 Å². The highest BCUT2D eigenvalue weighted by molar-refractivity contribution is 5.87. The van der Waals surface area contributed by atoms with E-state index in [1.54, 1.807) is 12.1 Å². The van der Waals surface area contributed by atoms with E-state index in [1.165, 1.54) is 24.1 Å². The van der Waals surface area contributed by atoms with E-state index >= 15 is 0 Å². The second-order valence-electron chi connectivity index (χ2n) is 4.43. The molecule has 0 aliphatic heterocycles. The topological polar surface area (TPSA) is 15.8 Å². The first-order valence-corrected chi connectivity index (χ1v) is 5.55. The maximum atomic E-state index is 13.3. The first-order valence-electron chi connectivity index (χ1n) is 5.55. The first-order chi connectivity index (χ1) is 7.25. The van der Waals surface area contributed by atoms with Gasteiger partial charge in [0.05, 0.1) is 0 Å². The van der Waals surface area contributed by atoms with Gasteiger partial charge in [-0.1, -0.05) is 0 Å². The molecule has 0 saturated heterocycles. The number of rotatable bonds is 0. The molecule has 1 aliphatic carbocycles. The van der Waals surface area contributed by atoms with E-state index in [9.17, 15) is 4.39 Å². The van der Waals surface area contributed by atoms with Crippen LogP contribution in [0.2, 0.25) is 0 Å². The summed E-state index contributed by atoms with van der Waals surface area (Å²) in [6.45, 7) is 1.97. The van der Waals surface area contributed by atoms with Crippen LogP contribution in [0.15, 0.2) is 12.1 Å². The van der Waals surface area contributed by atoms with E-state index in [-0.39, 0.29) is 5.82 Å². The molecular formula is C13H14FN. The summed E-state index contributed by atoms with van der Waals surface area (Å²) < 4.78 is 13.3. The van der Waals surface area contributed by atoms with E-state index in [2.05, 4.69) is 4.98 Å². The summed E-state index contributed by atoms with van der Waals surface area (Å²) in [6, 6.07) is 3.27. The molecule has 0 fully saturated rings. The van der Waals surface area contributed by atoms with Gasteiger partial charge in [0.15, 0.2) is 0 Å². The van der Waals surface area contributed by atoms with E-state index in [1.807, 2.05) is 6.92 Å². The molecule has 0 bridgehead atoms. The highest BCUT2D eigenvalue weighted by Crippen LogP contribution is 2.31. The first kappa shape index (κ1) is 8.96. The molecule has 1 aromatic heterocycles. The normalized spacial score (nSPS) is 15.6. The minimum absolute atomic E-state index is 0.118. The molecule has 0 amide bonds. The van der Waals surface area contributed by atoms with Gasteiger partial charge in [0.25, 0.3) is 0 Å². The van der Waals surface area contributed by atoms with E-state index < -0.39 is 0 Å². The Kier molecular flexibility index (Phi) is 1.84. The van der Waals surface area contributed by atoms with Crippen molar-refractivity contribution in [3.63, 3.8) is 0 Å². The Morgan fingerprint density at radius 1 is 1.20 bits per heavy atom. The minimum Gasteiger partial charge on any atom is -0.358 e. The number of aryl methyl sites for hydroxylation is 3. The number of hydrogen-bond donors (Lipinski definition) is 1. The molecule has 0 saturated carbocycles. The van der Waals surface area contributed by atoms with Crippen molar-refractivity contribution in [1.82, 2.24) is 4.98 Å². The zero-order valence-electron chi connectivity index (χ0n) is 8.86. The average molecular weight is 203 g/mol. The smallest absolute Gasteiger partial charge is 0.124 e. The van der Waals surface area contributed by atoms with Crippen LogP contribution in [0.5, 0.6) is 0 Å². The number of fused-ring (bicyclic) bond motifs is 3. The summed E-state index contributed by atoms with van der Waals surface area (Å²) in [5.41, 5.74) is 4.81. The zero-order valence-corrected chi connectivity index (χ0v) is 8.86. The monoisotopic (exact) mass is 203 g/mol. The van der Waals surface area contributed by atoms with Gasteiger partial charge in [-0.2, -0.15) is 0 Å². The van der Waals surface area contributed by atoms with E-state index in [0.717, 1.165) is 29.3 Å². The quantitative estimate of drug-likeness (QED) is 0.674. The van der Waals surface area contributed by atoms with Crippen LogP contribution in [0.4, 0.5) is 4.39 Å². The van der Waals surface area contributed by atoms with Crippen molar-refractivity contribution in [2.45, 2.75) is 32.6 Å². The van der Waals surface area contributed by atoms with Gasteiger partial charge in [-0.05, 0) is 55.9 Å². The molecule has 78 valence electrons. The third kappa shape index (κ3) is 1.28. The Morgan fingerprint density at radius 2 is 2.00 bits per heavy atom. The number of H-pyrrole nitrogens is 1. The van der Waals surface area contributed by atoms with Crippen molar-refractivity contribution in [2.75, 3.05) is 0 Å². The summed E-state index contributed by atoms with van der Waals surface area (Å²) in [6.07, 6.45) is 4.69. The standard InChI is InChI=1S/C13H14FN/c1-8-6-9(14)7-11-10-4-2-3-5-12(10)15-13(8)11/h6-7,15H,2-5H2,1H3. The van der Waals surface area contributed by atoms with E-state index in [4.69, 9.17) is 0 Å². The van der Waals surface area contributed by atoms with Crippen molar-refractivity contribution in [3.8, 4) is 0 Å². The summed E-state index contributed by atoms with van der Waals surface area (Å²) in [5, 5.41) is 1.10. The van der Waals surface area contributed by atoms with Crippen LogP contribution in [0, 0.1) is 12.7 Å². The second kappa shape index (κ2) is 3.09. The summed E-state index contributed by atoms with van der Waals surface area (Å²) in [4.78, 5) is 3.44. The van der Waals surface area contributed by atoms with Crippen molar-refractivity contribution < 1.29 is 4.39 Å². The molecule has 0 atom stereocenters. The lowest BCUT2D eigenvalue weighted by Crippen LogP contribution is -1.99. The Morgan fingerprint density at radius 3 is 2.87 bits per heavy atom. The summed E-state index contributed by atoms with van der Waals surface area (Å²) >= 11 is 0. The Bertz CT molecular complexity index is 525. The number of nitrogens with one attached hydrogen (secondary N) is 1. The summed E-state index contributed by atoms with van der Waals surface area (Å²) in [5.74, 6) is -0.118. The van der Waals surface area contributed by atoms with Crippen LogP contribution in [-0.4, -0.2) is 4.98 Å². The second-order valence-corrected chi connectivity index (χ2v) is 4.43. The van der Waals surface area contributed by atoms with Gasteiger partial charge >= 0.3 is 0 Å². The number of benzene rings is 1. The number of hydrogen-bond acceptors (Lipinski definition) is 0. The zero-order chi connectivity index (χ0) is 10.4. The molecule has 15 heavy (non-hydrogen) atoms. The molecule has 1 N–H and O–H groups in total. The van der Waals surface area contributed by atoms with Crippen molar-refractivity contribution >= 4 is 10.9 Å². The van der Waals surface area contributed by atoms with Gasteiger partial charge in [-0.25, -0.2) is 4.39 Å². The van der Waals surface area contributed by atoms with Gasteiger partial charge in [-0.15, -0.1) is 0 Å². The van der Waals surface area contributed by atoms with Gasteiger partial charge < -0.3 is 4.98 Å². The molecule has 2 aromatic rings. The van der Waals surface area contributed by atoms with Gasteiger partial charge in [0.2, 0.25) is 0 Å². The molecule has 0 unspecified atom stereocenters. The van der Waals surface area contributed by atoms with Crippen LogP contribution in [0.25, 0.3) is 10.9 Å². The molecule has 0 radical (unpaired) electrons. The fourth-order valence-corrected chi connectivity index (χ4v) is 2.64. The number of aromatic nitrogens is 1. The Balaban J connectivity index is 2.37. The highest BCUT2D eigenvalue weighted by atomic mass is 19.1. The molecular weight excluding hydrogens is 189 g/mol. The van der Waals surface area contributed by atoms with Crippen LogP contribution in [-0.2, 0) is 12.8 Å². The average Bonchev–Trinajstić information content (AvgIpc) is 2.57. The maximum absolute atomic E-state index is 13.3. The molecule has 0 spiro atoms. The third-order valence-electron chi connectivity index (χ3n) is 3.37. The SMILES string of the molecule is Cc1cc(F)cc2c3c([nH]c12)CCCC3. The molecule has 1 nitrogen and oxygen atoms in total. The van der Waals surface area contributed by atoms with Crippen LogP contribution >= 0.6 is 0 Å². The lowest BCUT2D eigenvalue weighted by atomic mass is 9.95. The third-order valence-corrected chi connectivity index (χ3v) is 3.37. The van der Waals surface area contributed by atoms with E-state index in [0.29, 0.717) is 0 Å². The van der Waals surface area contributed by atoms with Gasteiger partial charge in [0, 0.05) is 16.6 Å². The van der Waals surface area contributed by atoms with Crippen LogP contribution in [0.3, 0.4) is 0 Å². The predicted octanol–water partition coefficient (Wildman–Crippen LogP) is 3.49.